The number of fused-ring (bicyclic) bond motifs is 1. The number of hydrogen-bond donors (Lipinski definition) is 2. The van der Waals surface area contributed by atoms with Gasteiger partial charge in [0, 0.05) is 17.5 Å². The van der Waals surface area contributed by atoms with Crippen LogP contribution in [0.1, 0.15) is 70.8 Å². The smallest absolute Gasteiger partial charge is 0.267 e. The number of carbonyl (C=O) groups excluding carboxylic acids is 1. The number of likely N-dealkylation sites (tertiary alicyclic amines) is 1. The molecule has 6 heteroatoms. The molecule has 1 aromatic heterocycles. The third-order valence-corrected chi connectivity index (χ3v) is 5.37. The molecular weight excluding hydrogens is 366 g/mol. The second-order valence-corrected chi connectivity index (χ2v) is 7.77. The fraction of sp³-hybridized carbons (Fsp3) is 0.565. The maximum Gasteiger partial charge on any atom is 0.267 e. The largest absolute Gasteiger partial charge is 0.506 e. The molecule has 1 aliphatic rings. The van der Waals surface area contributed by atoms with Gasteiger partial charge in [0.25, 0.3) is 11.5 Å². The van der Waals surface area contributed by atoms with E-state index in [1.807, 2.05) is 19.9 Å². The molecule has 162 valence electrons. The molecule has 1 unspecified atom stereocenters. The molecule has 0 bridgehead atoms. The molecule has 3 rings (SSSR count). The number of amides is 1. The van der Waals surface area contributed by atoms with E-state index in [0.29, 0.717) is 10.9 Å². The number of rotatable bonds is 3. The highest BCUT2D eigenvalue weighted by molar-refractivity contribution is 6.02. The minimum atomic E-state index is -0.481. The van der Waals surface area contributed by atoms with E-state index >= 15 is 0 Å². The summed E-state index contributed by atoms with van der Waals surface area (Å²) in [7, 11) is 2.08. The van der Waals surface area contributed by atoms with E-state index in [1.165, 1.54) is 0 Å². The van der Waals surface area contributed by atoms with Crippen LogP contribution in [0.3, 0.4) is 0 Å². The summed E-state index contributed by atoms with van der Waals surface area (Å²) in [5.41, 5.74) is 0.0404. The standard InChI is InChI=1S/C21H29N3O3.2CH4/c1-14(2)24-17-10-5-4-9-16(17)19(25)18(21(24)27)20(26)22-15-8-6-7-12-23(3)13-11-15;;/h4-5,9-10,14-15,25H,6-8,11-13H2,1-3H3,(H,22,26);2*1H4. The van der Waals surface area contributed by atoms with Crippen LogP contribution >= 0.6 is 0 Å². The Hall–Kier alpha value is -2.34. The molecule has 1 atom stereocenters. The van der Waals surface area contributed by atoms with Crippen molar-refractivity contribution in [3.05, 3.63) is 40.2 Å². The van der Waals surface area contributed by atoms with E-state index in [0.717, 1.165) is 38.8 Å². The van der Waals surface area contributed by atoms with Crippen LogP contribution in [-0.2, 0) is 0 Å². The first-order chi connectivity index (χ1) is 12.9. The zero-order valence-electron chi connectivity index (χ0n) is 16.4. The van der Waals surface area contributed by atoms with Gasteiger partial charge in [0.2, 0.25) is 0 Å². The van der Waals surface area contributed by atoms with Crippen molar-refractivity contribution in [2.24, 2.45) is 0 Å². The maximum absolute atomic E-state index is 13.0. The van der Waals surface area contributed by atoms with Crippen LogP contribution in [0.2, 0.25) is 0 Å². The Bertz CT molecular complexity index is 889. The molecule has 0 spiro atoms. The summed E-state index contributed by atoms with van der Waals surface area (Å²) in [5, 5.41) is 14.2. The number of para-hydroxylation sites is 1. The Morgan fingerprint density at radius 3 is 2.52 bits per heavy atom. The molecule has 2 N–H and O–H groups in total. The first-order valence-corrected chi connectivity index (χ1v) is 9.75. The van der Waals surface area contributed by atoms with Gasteiger partial charge in [-0.2, -0.15) is 0 Å². The fourth-order valence-corrected chi connectivity index (χ4v) is 3.87. The molecule has 1 aromatic carbocycles. The summed E-state index contributed by atoms with van der Waals surface area (Å²) in [6.07, 6.45) is 3.88. The van der Waals surface area contributed by atoms with Crippen LogP contribution in [0.4, 0.5) is 0 Å². The molecule has 1 amide bonds. The normalized spacial score (nSPS) is 17.7. The van der Waals surface area contributed by atoms with Crippen molar-refractivity contribution in [2.75, 3.05) is 20.1 Å². The van der Waals surface area contributed by atoms with Gasteiger partial charge in [-0.3, -0.25) is 9.59 Å². The zero-order valence-corrected chi connectivity index (χ0v) is 16.4. The fourth-order valence-electron chi connectivity index (χ4n) is 3.87. The highest BCUT2D eigenvalue weighted by Gasteiger charge is 2.25. The van der Waals surface area contributed by atoms with Crippen LogP contribution in [0.5, 0.6) is 5.75 Å². The molecule has 1 saturated heterocycles. The number of nitrogens with one attached hydrogen (secondary N) is 1. The molecule has 2 heterocycles. The number of carbonyl (C=O) groups is 1. The van der Waals surface area contributed by atoms with E-state index in [2.05, 4.69) is 17.3 Å². The monoisotopic (exact) mass is 403 g/mol. The van der Waals surface area contributed by atoms with E-state index in [1.54, 1.807) is 22.8 Å². The predicted octanol–water partition coefficient (Wildman–Crippen LogP) is 4.16. The molecule has 0 aliphatic carbocycles. The van der Waals surface area contributed by atoms with Gasteiger partial charge in [-0.15, -0.1) is 0 Å². The SMILES string of the molecule is C.C.CC(C)n1c(=O)c(C(=O)NC2CCCCN(C)CC2)c(O)c2ccccc21. The lowest BCUT2D eigenvalue weighted by molar-refractivity contribution is 0.0922. The quantitative estimate of drug-likeness (QED) is 0.807. The first kappa shape index (κ1) is 24.7. The van der Waals surface area contributed by atoms with E-state index in [-0.39, 0.29) is 38.2 Å². The van der Waals surface area contributed by atoms with Crippen LogP contribution in [-0.4, -0.2) is 46.7 Å². The minimum Gasteiger partial charge on any atom is -0.506 e. The van der Waals surface area contributed by atoms with Crippen molar-refractivity contribution in [3.63, 3.8) is 0 Å². The summed E-state index contributed by atoms with van der Waals surface area (Å²) >= 11 is 0. The summed E-state index contributed by atoms with van der Waals surface area (Å²) in [4.78, 5) is 28.3. The number of benzene rings is 1. The maximum atomic E-state index is 13.0. The highest BCUT2D eigenvalue weighted by Crippen LogP contribution is 2.28. The number of aromatic hydroxyl groups is 1. The Morgan fingerprint density at radius 2 is 1.83 bits per heavy atom. The second-order valence-electron chi connectivity index (χ2n) is 7.77. The van der Waals surface area contributed by atoms with Gasteiger partial charge in [-0.25, -0.2) is 0 Å². The number of pyridine rings is 1. The third kappa shape index (κ3) is 5.18. The molecule has 0 radical (unpaired) electrons. The van der Waals surface area contributed by atoms with Crippen LogP contribution < -0.4 is 10.9 Å². The summed E-state index contributed by atoms with van der Waals surface area (Å²) in [5.74, 6) is -0.709. The number of nitrogens with zero attached hydrogens (tertiary/aromatic N) is 2. The first-order valence-electron chi connectivity index (χ1n) is 9.75. The lowest BCUT2D eigenvalue weighted by atomic mass is 10.0. The molecule has 6 nitrogen and oxygen atoms in total. The van der Waals surface area contributed by atoms with Gasteiger partial charge < -0.3 is 19.9 Å². The lowest BCUT2D eigenvalue weighted by Crippen LogP contribution is -2.41. The van der Waals surface area contributed by atoms with Crippen LogP contribution in [0.15, 0.2) is 29.1 Å². The van der Waals surface area contributed by atoms with Crippen molar-refractivity contribution in [2.45, 2.75) is 66.5 Å². The van der Waals surface area contributed by atoms with Gasteiger partial charge in [0.15, 0.2) is 0 Å². The Kier molecular flexibility index (Phi) is 8.89. The lowest BCUT2D eigenvalue weighted by Gasteiger charge is -2.26. The Labute approximate surface area is 174 Å². The zero-order chi connectivity index (χ0) is 19.6. The second kappa shape index (κ2) is 10.4. The third-order valence-electron chi connectivity index (χ3n) is 5.37. The summed E-state index contributed by atoms with van der Waals surface area (Å²) in [6, 6.07) is 7.05. The minimum absolute atomic E-state index is 0. The Morgan fingerprint density at radius 1 is 1.14 bits per heavy atom. The molecule has 29 heavy (non-hydrogen) atoms. The molecule has 1 aliphatic heterocycles. The van der Waals surface area contributed by atoms with Crippen molar-refractivity contribution < 1.29 is 9.90 Å². The summed E-state index contributed by atoms with van der Waals surface area (Å²) in [6.45, 7) is 5.78. The highest BCUT2D eigenvalue weighted by atomic mass is 16.3. The topological polar surface area (TPSA) is 74.6 Å². The summed E-state index contributed by atoms with van der Waals surface area (Å²) < 4.78 is 1.58. The van der Waals surface area contributed by atoms with Gasteiger partial charge in [0.1, 0.15) is 11.3 Å². The van der Waals surface area contributed by atoms with E-state index in [9.17, 15) is 14.7 Å². The van der Waals surface area contributed by atoms with Crippen molar-refractivity contribution in [3.8, 4) is 5.75 Å². The average Bonchev–Trinajstić information content (AvgIpc) is 2.61. The van der Waals surface area contributed by atoms with Crippen molar-refractivity contribution in [1.82, 2.24) is 14.8 Å². The van der Waals surface area contributed by atoms with Gasteiger partial charge in [-0.05, 0) is 65.4 Å². The molecular formula is C23H37N3O3. The number of aromatic nitrogens is 1. The predicted molar refractivity (Wildman–Crippen MR) is 121 cm³/mol. The average molecular weight is 404 g/mol. The number of hydrogen-bond acceptors (Lipinski definition) is 4. The molecule has 0 saturated carbocycles. The molecule has 1 fully saturated rings. The van der Waals surface area contributed by atoms with Crippen molar-refractivity contribution >= 4 is 16.8 Å². The van der Waals surface area contributed by atoms with Crippen LogP contribution in [0, 0.1) is 0 Å². The van der Waals surface area contributed by atoms with Gasteiger partial charge >= 0.3 is 0 Å². The Balaban J connectivity index is 0.00000210. The van der Waals surface area contributed by atoms with Crippen molar-refractivity contribution in [1.29, 1.82) is 0 Å². The van der Waals surface area contributed by atoms with Gasteiger partial charge in [0.05, 0.1) is 5.52 Å². The molecule has 2 aromatic rings. The van der Waals surface area contributed by atoms with E-state index < -0.39 is 11.5 Å². The van der Waals surface area contributed by atoms with Gasteiger partial charge in [-0.1, -0.05) is 33.4 Å². The van der Waals surface area contributed by atoms with E-state index in [4.69, 9.17) is 0 Å². The van der Waals surface area contributed by atoms with Crippen LogP contribution in [0.25, 0.3) is 10.9 Å².